The molecule has 2 unspecified atom stereocenters. The van der Waals surface area contributed by atoms with Crippen LogP contribution >= 0.6 is 0 Å². The Bertz CT molecular complexity index is 736. The topological polar surface area (TPSA) is 88.4 Å². The number of non-ortho nitro benzene ring substituents is 1. The van der Waals surface area contributed by atoms with Gasteiger partial charge in [-0.1, -0.05) is 25.1 Å². The number of urea groups is 1. The van der Waals surface area contributed by atoms with Crippen LogP contribution in [-0.2, 0) is 0 Å². The van der Waals surface area contributed by atoms with Gasteiger partial charge in [-0.15, -0.1) is 0 Å². The largest absolute Gasteiger partial charge is 0.331 e. The Morgan fingerprint density at radius 1 is 1.32 bits per heavy atom. The summed E-state index contributed by atoms with van der Waals surface area (Å²) >= 11 is 0. The molecular formula is C18H22N4O3. The molecule has 0 aliphatic heterocycles. The maximum Gasteiger partial charge on any atom is 0.318 e. The molecule has 7 nitrogen and oxygen atoms in total. The van der Waals surface area contributed by atoms with E-state index >= 15 is 0 Å². The highest BCUT2D eigenvalue weighted by Gasteiger charge is 2.21. The zero-order valence-corrected chi connectivity index (χ0v) is 14.5. The number of nitro groups is 1. The number of carbonyl (C=O) groups excluding carboxylic acids is 1. The summed E-state index contributed by atoms with van der Waals surface area (Å²) in [6.07, 6.45) is 4.04. The molecular weight excluding hydrogens is 320 g/mol. The van der Waals surface area contributed by atoms with Crippen molar-refractivity contribution in [1.82, 2.24) is 15.2 Å². The second-order valence-corrected chi connectivity index (χ2v) is 5.84. The third kappa shape index (κ3) is 4.53. The van der Waals surface area contributed by atoms with Crippen LogP contribution in [-0.4, -0.2) is 27.9 Å². The van der Waals surface area contributed by atoms with Crippen LogP contribution in [0.3, 0.4) is 0 Å². The fraction of sp³-hybridized carbons (Fsp3) is 0.333. The van der Waals surface area contributed by atoms with Gasteiger partial charge in [0, 0.05) is 31.6 Å². The summed E-state index contributed by atoms with van der Waals surface area (Å²) in [4.78, 5) is 28.8. The number of benzene rings is 1. The molecule has 0 spiro atoms. The van der Waals surface area contributed by atoms with Gasteiger partial charge < -0.3 is 10.2 Å². The number of hydrogen-bond donors (Lipinski definition) is 1. The first-order chi connectivity index (χ1) is 11.9. The average molecular weight is 342 g/mol. The number of pyridine rings is 1. The molecule has 1 heterocycles. The minimum atomic E-state index is -0.436. The molecule has 1 aromatic carbocycles. The second-order valence-electron chi connectivity index (χ2n) is 5.84. The number of amides is 2. The minimum Gasteiger partial charge on any atom is -0.331 e. The van der Waals surface area contributed by atoms with Crippen molar-refractivity contribution in [1.29, 1.82) is 0 Å². The van der Waals surface area contributed by atoms with Crippen molar-refractivity contribution in [3.8, 4) is 0 Å². The van der Waals surface area contributed by atoms with E-state index < -0.39 is 4.92 Å². The first-order valence-corrected chi connectivity index (χ1v) is 8.11. The number of hydrogen-bond acceptors (Lipinski definition) is 4. The molecule has 7 heteroatoms. The van der Waals surface area contributed by atoms with Crippen LogP contribution in [0.2, 0.25) is 0 Å². The standard InChI is InChI=1S/C18H22N4O3/c1-4-17(14-7-5-9-16(11-14)22(24)25)20-18(23)21(3)13(2)15-8-6-10-19-12-15/h5-13,17H,4H2,1-3H3,(H,20,23). The normalized spacial score (nSPS) is 12.9. The van der Waals surface area contributed by atoms with Gasteiger partial charge >= 0.3 is 6.03 Å². The van der Waals surface area contributed by atoms with Crippen molar-refractivity contribution < 1.29 is 9.72 Å². The minimum absolute atomic E-state index is 0.0160. The first kappa shape index (κ1) is 18.4. The Balaban J connectivity index is 2.11. The highest BCUT2D eigenvalue weighted by Crippen LogP contribution is 2.23. The van der Waals surface area contributed by atoms with Crippen LogP contribution < -0.4 is 5.32 Å². The Labute approximate surface area is 146 Å². The lowest BCUT2D eigenvalue weighted by atomic mass is 10.0. The van der Waals surface area contributed by atoms with Gasteiger partial charge in [0.2, 0.25) is 0 Å². The third-order valence-electron chi connectivity index (χ3n) is 4.26. The number of carbonyl (C=O) groups is 1. The summed E-state index contributed by atoms with van der Waals surface area (Å²) < 4.78 is 0. The molecule has 2 atom stereocenters. The van der Waals surface area contributed by atoms with E-state index in [0.717, 1.165) is 5.56 Å². The molecule has 2 aromatic rings. The van der Waals surface area contributed by atoms with Gasteiger partial charge in [0.05, 0.1) is 17.0 Å². The number of nitrogens with one attached hydrogen (secondary N) is 1. The van der Waals surface area contributed by atoms with Gasteiger partial charge in [0.15, 0.2) is 0 Å². The van der Waals surface area contributed by atoms with Crippen molar-refractivity contribution in [3.63, 3.8) is 0 Å². The van der Waals surface area contributed by atoms with Gasteiger partial charge in [0.25, 0.3) is 5.69 Å². The molecule has 1 aromatic heterocycles. The summed E-state index contributed by atoms with van der Waals surface area (Å²) in [5.41, 5.74) is 1.67. The van der Waals surface area contributed by atoms with Crippen LogP contribution in [0.4, 0.5) is 10.5 Å². The summed E-state index contributed by atoms with van der Waals surface area (Å²) in [6.45, 7) is 3.85. The van der Waals surface area contributed by atoms with E-state index in [9.17, 15) is 14.9 Å². The van der Waals surface area contributed by atoms with E-state index in [-0.39, 0.29) is 23.8 Å². The van der Waals surface area contributed by atoms with Crippen LogP contribution in [0.25, 0.3) is 0 Å². The van der Waals surface area contributed by atoms with E-state index in [4.69, 9.17) is 0 Å². The van der Waals surface area contributed by atoms with Crippen molar-refractivity contribution in [3.05, 3.63) is 70.0 Å². The van der Waals surface area contributed by atoms with Gasteiger partial charge in [-0.25, -0.2) is 4.79 Å². The number of nitro benzene ring substituents is 1. The van der Waals surface area contributed by atoms with E-state index in [1.54, 1.807) is 36.5 Å². The predicted octanol–water partition coefficient (Wildman–Crippen LogP) is 3.84. The van der Waals surface area contributed by atoms with Crippen LogP contribution in [0, 0.1) is 10.1 Å². The SMILES string of the molecule is CCC(NC(=O)N(C)C(C)c1cccnc1)c1cccc([N+](=O)[O-])c1. The van der Waals surface area contributed by atoms with Gasteiger partial charge in [-0.3, -0.25) is 15.1 Å². The summed E-state index contributed by atoms with van der Waals surface area (Å²) in [5, 5.41) is 13.9. The second kappa shape index (κ2) is 8.23. The molecule has 0 fully saturated rings. The van der Waals surface area contributed by atoms with Gasteiger partial charge in [-0.2, -0.15) is 0 Å². The lowest BCUT2D eigenvalue weighted by Crippen LogP contribution is -2.40. The zero-order valence-electron chi connectivity index (χ0n) is 14.5. The third-order valence-corrected chi connectivity index (χ3v) is 4.26. The zero-order chi connectivity index (χ0) is 18.4. The maximum atomic E-state index is 12.6. The van der Waals surface area contributed by atoms with E-state index in [1.807, 2.05) is 26.0 Å². The molecule has 0 bridgehead atoms. The van der Waals surface area contributed by atoms with Crippen molar-refractivity contribution in [2.75, 3.05) is 7.05 Å². The van der Waals surface area contributed by atoms with Crippen LogP contribution in [0.1, 0.15) is 43.5 Å². The summed E-state index contributed by atoms with van der Waals surface area (Å²) in [5.74, 6) is 0. The lowest BCUT2D eigenvalue weighted by molar-refractivity contribution is -0.384. The van der Waals surface area contributed by atoms with Crippen molar-refractivity contribution in [2.24, 2.45) is 0 Å². The van der Waals surface area contributed by atoms with Gasteiger partial charge in [0.1, 0.15) is 0 Å². The molecule has 0 aliphatic carbocycles. The highest BCUT2D eigenvalue weighted by molar-refractivity contribution is 5.75. The molecule has 25 heavy (non-hydrogen) atoms. The highest BCUT2D eigenvalue weighted by atomic mass is 16.6. The maximum absolute atomic E-state index is 12.6. The summed E-state index contributed by atoms with van der Waals surface area (Å²) in [7, 11) is 1.72. The monoisotopic (exact) mass is 342 g/mol. The molecule has 0 saturated heterocycles. The predicted molar refractivity (Wildman–Crippen MR) is 95.1 cm³/mol. The Kier molecular flexibility index (Phi) is 6.05. The lowest BCUT2D eigenvalue weighted by Gasteiger charge is -2.28. The molecule has 0 aliphatic rings. The van der Waals surface area contributed by atoms with E-state index in [0.29, 0.717) is 12.0 Å². The van der Waals surface area contributed by atoms with Crippen molar-refractivity contribution >= 4 is 11.7 Å². The van der Waals surface area contributed by atoms with Crippen molar-refractivity contribution in [2.45, 2.75) is 32.4 Å². The van der Waals surface area contributed by atoms with E-state index in [1.165, 1.54) is 12.1 Å². The molecule has 2 rings (SSSR count). The van der Waals surface area contributed by atoms with Crippen LogP contribution in [0.15, 0.2) is 48.8 Å². The smallest absolute Gasteiger partial charge is 0.318 e. The van der Waals surface area contributed by atoms with E-state index in [2.05, 4.69) is 10.3 Å². The quantitative estimate of drug-likeness (QED) is 0.638. The number of rotatable bonds is 6. The average Bonchev–Trinajstić information content (AvgIpc) is 2.65. The molecule has 0 radical (unpaired) electrons. The fourth-order valence-electron chi connectivity index (χ4n) is 2.55. The molecule has 1 N–H and O–H groups in total. The fourth-order valence-corrected chi connectivity index (χ4v) is 2.55. The molecule has 2 amide bonds. The summed E-state index contributed by atoms with van der Waals surface area (Å²) in [6, 6.07) is 9.42. The molecule has 132 valence electrons. The first-order valence-electron chi connectivity index (χ1n) is 8.11. The Hall–Kier alpha value is -2.96. The Morgan fingerprint density at radius 2 is 2.04 bits per heavy atom. The number of aromatic nitrogens is 1. The number of nitrogens with zero attached hydrogens (tertiary/aromatic N) is 3. The Morgan fingerprint density at radius 3 is 2.64 bits per heavy atom. The van der Waals surface area contributed by atoms with Crippen LogP contribution in [0.5, 0.6) is 0 Å². The van der Waals surface area contributed by atoms with Gasteiger partial charge in [-0.05, 0) is 30.5 Å². The molecule has 0 saturated carbocycles.